The van der Waals surface area contributed by atoms with Gasteiger partial charge in [0.15, 0.2) is 28.1 Å². The van der Waals surface area contributed by atoms with E-state index in [0.717, 1.165) is 0 Å². The Morgan fingerprint density at radius 3 is 2.14 bits per heavy atom. The van der Waals surface area contributed by atoms with Gasteiger partial charge in [-0.15, -0.1) is 0 Å². The summed E-state index contributed by atoms with van der Waals surface area (Å²) in [4.78, 5) is 25.9. The predicted octanol–water partition coefficient (Wildman–Crippen LogP) is 5.08. The number of ether oxygens (including phenoxy) is 4. The van der Waals surface area contributed by atoms with E-state index in [1.54, 1.807) is 19.1 Å². The van der Waals surface area contributed by atoms with Crippen molar-refractivity contribution in [3.63, 3.8) is 0 Å². The smallest absolute Gasteiger partial charge is 0.336 e. The monoisotopic (exact) mass is 476 g/mol. The molecule has 0 atom stereocenters. The zero-order valence-electron chi connectivity index (χ0n) is 20.2. The highest BCUT2D eigenvalue weighted by Crippen LogP contribution is 2.48. The molecule has 2 aromatic carbocycles. The lowest BCUT2D eigenvalue weighted by Gasteiger charge is -2.29. The van der Waals surface area contributed by atoms with Crippen LogP contribution in [-0.4, -0.2) is 26.9 Å². The number of hydrogen-bond acceptors (Lipinski definition) is 8. The Morgan fingerprint density at radius 1 is 0.829 bits per heavy atom. The van der Waals surface area contributed by atoms with E-state index in [1.807, 2.05) is 26.0 Å². The zero-order valence-corrected chi connectivity index (χ0v) is 20.2. The van der Waals surface area contributed by atoms with Crippen LogP contribution in [0.25, 0.3) is 39.1 Å². The fraction of sp³-hybridized carbons (Fsp3) is 0.259. The summed E-state index contributed by atoms with van der Waals surface area (Å²) in [5.41, 5.74) is 0.458. The summed E-state index contributed by atoms with van der Waals surface area (Å²) in [5.74, 6) is 2.12. The van der Waals surface area contributed by atoms with Gasteiger partial charge in [-0.25, -0.2) is 4.79 Å². The van der Waals surface area contributed by atoms with Crippen LogP contribution in [0.3, 0.4) is 0 Å². The molecule has 8 heteroatoms. The average molecular weight is 476 g/mol. The van der Waals surface area contributed by atoms with Crippen LogP contribution in [0.5, 0.6) is 23.0 Å². The van der Waals surface area contributed by atoms with E-state index in [2.05, 4.69) is 0 Å². The van der Waals surface area contributed by atoms with Crippen LogP contribution in [0.2, 0.25) is 0 Å². The van der Waals surface area contributed by atoms with Gasteiger partial charge in [0.2, 0.25) is 5.75 Å². The van der Waals surface area contributed by atoms with Gasteiger partial charge in [-0.1, -0.05) is 0 Å². The number of methoxy groups -OCH3 is 3. The molecule has 0 saturated carbocycles. The number of hydrogen-bond donors (Lipinski definition) is 0. The van der Waals surface area contributed by atoms with E-state index in [1.165, 1.54) is 33.5 Å². The quantitative estimate of drug-likeness (QED) is 0.297. The van der Waals surface area contributed by atoms with E-state index in [0.29, 0.717) is 56.4 Å². The number of benzene rings is 2. The third-order valence-corrected chi connectivity index (χ3v) is 5.97. The molecule has 8 nitrogen and oxygen atoms in total. The lowest BCUT2D eigenvalue weighted by atomic mass is 9.93. The molecule has 0 aliphatic carbocycles. The van der Waals surface area contributed by atoms with Crippen molar-refractivity contribution in [2.75, 3.05) is 21.3 Å². The van der Waals surface area contributed by atoms with Crippen LogP contribution in [0.4, 0.5) is 0 Å². The topological polar surface area (TPSA) is 97.3 Å². The Hall–Kier alpha value is -4.20. The highest BCUT2D eigenvalue weighted by atomic mass is 16.5. The van der Waals surface area contributed by atoms with E-state index >= 15 is 0 Å². The maximum absolute atomic E-state index is 13.1. The number of aryl methyl sites for hydroxylation is 1. The highest BCUT2D eigenvalue weighted by Gasteiger charge is 2.31. The second-order valence-electron chi connectivity index (χ2n) is 8.80. The summed E-state index contributed by atoms with van der Waals surface area (Å²) >= 11 is 0. The van der Waals surface area contributed by atoms with Gasteiger partial charge >= 0.3 is 5.63 Å². The molecule has 0 spiro atoms. The molecule has 0 N–H and O–H groups in total. The molecule has 180 valence electrons. The first-order valence-corrected chi connectivity index (χ1v) is 10.9. The van der Waals surface area contributed by atoms with Gasteiger partial charge in [0.05, 0.1) is 32.3 Å². The predicted molar refractivity (Wildman–Crippen MR) is 132 cm³/mol. The summed E-state index contributed by atoms with van der Waals surface area (Å²) in [5, 5.41) is 0.638. The lowest BCUT2D eigenvalue weighted by Crippen LogP contribution is -2.28. The Labute approximate surface area is 200 Å². The SMILES string of the molecule is COc1cc(-c2cc(=O)oc3c2c2c(c4oc(C)cc(=O)c43)C=CC(C)(C)O2)cc(OC)c1OC. The molecule has 2 aromatic heterocycles. The minimum absolute atomic E-state index is 0.0925. The van der Waals surface area contributed by atoms with Crippen LogP contribution < -0.4 is 30.0 Å². The summed E-state index contributed by atoms with van der Waals surface area (Å²) < 4.78 is 34.5. The van der Waals surface area contributed by atoms with Crippen molar-refractivity contribution in [3.05, 3.63) is 62.3 Å². The van der Waals surface area contributed by atoms with Crippen molar-refractivity contribution in [2.45, 2.75) is 26.4 Å². The van der Waals surface area contributed by atoms with Crippen LogP contribution in [0.1, 0.15) is 25.2 Å². The Morgan fingerprint density at radius 2 is 1.51 bits per heavy atom. The maximum Gasteiger partial charge on any atom is 0.336 e. The highest BCUT2D eigenvalue weighted by molar-refractivity contribution is 6.14. The normalized spacial score (nSPS) is 14.0. The minimum atomic E-state index is -0.652. The molecule has 35 heavy (non-hydrogen) atoms. The Balaban J connectivity index is 2.01. The largest absolute Gasteiger partial charge is 0.493 e. The van der Waals surface area contributed by atoms with Crippen LogP contribution in [0.15, 0.2) is 48.8 Å². The standard InChI is InChI=1S/C27H24O8/c1-13-9-17(28)22-23(33-13)15-7-8-27(2,3)35-24(15)21-16(12-20(29)34-26(21)22)14-10-18(30-4)25(32-6)19(11-14)31-5/h7-12H,1-6H3. The van der Waals surface area contributed by atoms with Crippen molar-refractivity contribution < 1.29 is 27.8 Å². The summed E-state index contributed by atoms with van der Waals surface area (Å²) in [6, 6.07) is 6.19. The van der Waals surface area contributed by atoms with E-state index in [-0.39, 0.29) is 16.4 Å². The molecule has 3 heterocycles. The van der Waals surface area contributed by atoms with E-state index in [9.17, 15) is 9.59 Å². The minimum Gasteiger partial charge on any atom is -0.493 e. The van der Waals surface area contributed by atoms with E-state index in [4.69, 9.17) is 27.8 Å². The molecular formula is C27H24O8. The van der Waals surface area contributed by atoms with Gasteiger partial charge in [0.25, 0.3) is 0 Å². The molecule has 1 aliphatic heterocycles. The second kappa shape index (κ2) is 7.94. The van der Waals surface area contributed by atoms with Gasteiger partial charge in [-0.3, -0.25) is 4.79 Å². The Kier molecular flexibility index (Phi) is 5.12. The second-order valence-corrected chi connectivity index (χ2v) is 8.80. The van der Waals surface area contributed by atoms with Crippen LogP contribution in [-0.2, 0) is 0 Å². The van der Waals surface area contributed by atoms with Gasteiger partial charge in [0.1, 0.15) is 22.5 Å². The zero-order chi connectivity index (χ0) is 25.1. The molecule has 0 amide bonds. The molecule has 0 unspecified atom stereocenters. The third kappa shape index (κ3) is 3.53. The van der Waals surface area contributed by atoms with Crippen molar-refractivity contribution in [3.8, 4) is 34.1 Å². The average Bonchev–Trinajstić information content (AvgIpc) is 2.81. The molecule has 1 aliphatic rings. The van der Waals surface area contributed by atoms with Gasteiger partial charge < -0.3 is 27.8 Å². The first kappa shape index (κ1) is 22.6. The molecule has 0 radical (unpaired) electrons. The van der Waals surface area contributed by atoms with Gasteiger partial charge in [-0.2, -0.15) is 0 Å². The number of rotatable bonds is 4. The fourth-order valence-corrected chi connectivity index (χ4v) is 4.45. The first-order chi connectivity index (χ1) is 16.7. The first-order valence-electron chi connectivity index (χ1n) is 10.9. The van der Waals surface area contributed by atoms with Crippen LogP contribution in [0, 0.1) is 6.92 Å². The summed E-state index contributed by atoms with van der Waals surface area (Å²) in [6.45, 7) is 5.51. The molecule has 0 fully saturated rings. The summed E-state index contributed by atoms with van der Waals surface area (Å²) in [7, 11) is 4.54. The number of fused-ring (bicyclic) bond motifs is 6. The fourth-order valence-electron chi connectivity index (χ4n) is 4.45. The van der Waals surface area contributed by atoms with Crippen molar-refractivity contribution in [1.82, 2.24) is 0 Å². The van der Waals surface area contributed by atoms with Crippen molar-refractivity contribution in [2.24, 2.45) is 0 Å². The van der Waals surface area contributed by atoms with Crippen molar-refractivity contribution >= 4 is 28.0 Å². The summed E-state index contributed by atoms with van der Waals surface area (Å²) in [6.07, 6.45) is 3.76. The third-order valence-electron chi connectivity index (χ3n) is 5.97. The molecule has 5 rings (SSSR count). The van der Waals surface area contributed by atoms with Crippen LogP contribution >= 0.6 is 0 Å². The van der Waals surface area contributed by atoms with Crippen molar-refractivity contribution in [1.29, 1.82) is 0 Å². The van der Waals surface area contributed by atoms with E-state index < -0.39 is 11.2 Å². The maximum atomic E-state index is 13.1. The molecule has 0 saturated heterocycles. The molecule has 0 bridgehead atoms. The molecule has 4 aromatic rings. The lowest BCUT2D eigenvalue weighted by molar-refractivity contribution is 0.161. The van der Waals surface area contributed by atoms with Gasteiger partial charge in [0, 0.05) is 17.7 Å². The Bertz CT molecular complexity index is 1630. The molecular weight excluding hydrogens is 452 g/mol. The van der Waals surface area contributed by atoms with Gasteiger partial charge in [-0.05, 0) is 50.6 Å².